The second-order valence-corrected chi connectivity index (χ2v) is 8.53. The molecule has 2 unspecified atom stereocenters. The lowest BCUT2D eigenvalue weighted by Gasteiger charge is -2.30. The molecule has 25 heavy (non-hydrogen) atoms. The Morgan fingerprint density at radius 2 is 2.24 bits per heavy atom. The van der Waals surface area contributed by atoms with Gasteiger partial charge in [0.2, 0.25) is 5.91 Å². The maximum absolute atomic E-state index is 13.0. The van der Waals surface area contributed by atoms with Crippen molar-refractivity contribution in [3.63, 3.8) is 0 Å². The molecule has 3 fully saturated rings. The van der Waals surface area contributed by atoms with Crippen LogP contribution >= 0.6 is 23.7 Å². The summed E-state index contributed by atoms with van der Waals surface area (Å²) < 4.78 is 5.45. The average Bonchev–Trinajstić information content (AvgIpc) is 3.06. The minimum Gasteiger partial charge on any atom is -0.381 e. The molecule has 4 rings (SSSR count). The van der Waals surface area contributed by atoms with Gasteiger partial charge in [0, 0.05) is 32.2 Å². The minimum absolute atomic E-state index is 0. The van der Waals surface area contributed by atoms with Crippen LogP contribution < -0.4 is 5.32 Å². The fraction of sp³-hybridized carbons (Fsp3) is 0.737. The summed E-state index contributed by atoms with van der Waals surface area (Å²) >= 11 is 1.72. The molecule has 2 saturated heterocycles. The van der Waals surface area contributed by atoms with E-state index in [2.05, 4.69) is 27.0 Å². The summed E-state index contributed by atoms with van der Waals surface area (Å²) in [4.78, 5) is 15.2. The molecule has 1 aromatic rings. The molecular weight excluding hydrogens is 356 g/mol. The number of carbonyl (C=O) groups is 1. The fourth-order valence-electron chi connectivity index (χ4n) is 4.46. The number of halogens is 1. The van der Waals surface area contributed by atoms with Gasteiger partial charge in [-0.1, -0.05) is 0 Å². The Balaban J connectivity index is 0.00000182. The lowest BCUT2D eigenvalue weighted by molar-refractivity contribution is -0.133. The number of hydrogen-bond acceptors (Lipinski definition) is 4. The van der Waals surface area contributed by atoms with Gasteiger partial charge in [-0.2, -0.15) is 11.3 Å². The molecule has 0 bridgehead atoms. The third-order valence-corrected chi connectivity index (χ3v) is 6.90. The van der Waals surface area contributed by atoms with Crippen LogP contribution in [0.5, 0.6) is 0 Å². The van der Waals surface area contributed by atoms with E-state index < -0.39 is 0 Å². The van der Waals surface area contributed by atoms with Gasteiger partial charge in [-0.3, -0.25) is 4.79 Å². The number of thiophene rings is 1. The highest BCUT2D eigenvalue weighted by atomic mass is 35.5. The largest absolute Gasteiger partial charge is 0.381 e. The summed E-state index contributed by atoms with van der Waals surface area (Å²) in [5.74, 6) is 0.942. The number of carbonyl (C=O) groups excluding carboxylic acids is 1. The van der Waals surface area contributed by atoms with Crippen LogP contribution in [0.2, 0.25) is 0 Å². The van der Waals surface area contributed by atoms with Crippen molar-refractivity contribution in [2.75, 3.05) is 26.3 Å². The lowest BCUT2D eigenvalue weighted by atomic mass is 9.93. The van der Waals surface area contributed by atoms with Crippen LogP contribution in [0, 0.1) is 11.3 Å². The van der Waals surface area contributed by atoms with Crippen LogP contribution in [0.25, 0.3) is 0 Å². The van der Waals surface area contributed by atoms with Crippen LogP contribution in [0.1, 0.15) is 44.1 Å². The number of rotatable bonds is 6. The van der Waals surface area contributed by atoms with E-state index in [9.17, 15) is 4.79 Å². The molecule has 6 heteroatoms. The van der Waals surface area contributed by atoms with E-state index in [1.54, 1.807) is 11.3 Å². The van der Waals surface area contributed by atoms with Gasteiger partial charge in [0.1, 0.15) is 0 Å². The summed E-state index contributed by atoms with van der Waals surface area (Å²) in [6.07, 6.45) is 6.44. The van der Waals surface area contributed by atoms with Crippen LogP contribution in [0.15, 0.2) is 16.8 Å². The van der Waals surface area contributed by atoms with Gasteiger partial charge < -0.3 is 15.0 Å². The van der Waals surface area contributed by atoms with Crippen molar-refractivity contribution >= 4 is 29.7 Å². The van der Waals surface area contributed by atoms with Crippen molar-refractivity contribution in [1.29, 1.82) is 0 Å². The maximum Gasteiger partial charge on any atom is 0.223 e. The zero-order chi connectivity index (χ0) is 16.4. The van der Waals surface area contributed by atoms with E-state index in [0.717, 1.165) is 45.7 Å². The van der Waals surface area contributed by atoms with Gasteiger partial charge in [0.15, 0.2) is 0 Å². The quantitative estimate of drug-likeness (QED) is 0.816. The van der Waals surface area contributed by atoms with Gasteiger partial charge in [-0.15, -0.1) is 12.4 Å². The van der Waals surface area contributed by atoms with E-state index in [0.29, 0.717) is 29.7 Å². The molecule has 2 aliphatic heterocycles. The molecule has 1 N–H and O–H groups in total. The number of amides is 1. The topological polar surface area (TPSA) is 41.6 Å². The summed E-state index contributed by atoms with van der Waals surface area (Å²) in [5, 5.41) is 7.76. The Kier molecular flexibility index (Phi) is 6.42. The number of nitrogens with one attached hydrogen (secondary N) is 1. The van der Waals surface area contributed by atoms with Gasteiger partial charge in [0.25, 0.3) is 0 Å². The Morgan fingerprint density at radius 1 is 1.40 bits per heavy atom. The zero-order valence-electron chi connectivity index (χ0n) is 14.7. The predicted octanol–water partition coefficient (Wildman–Crippen LogP) is 3.46. The molecule has 0 radical (unpaired) electrons. The third-order valence-electron chi connectivity index (χ3n) is 6.17. The number of nitrogens with zero attached hydrogens (tertiary/aromatic N) is 1. The standard InChI is InChI=1S/C19H28N2O2S.ClH/c22-18(2-1-15-3-9-23-13-15)21(12-16-4-10-24-14-16)17-11-19(17)5-7-20-8-6-19;/h4,10,14-15,17,20H,1-3,5-9,11-13H2;1H. The highest BCUT2D eigenvalue weighted by Crippen LogP contribution is 2.56. The molecule has 1 spiro atoms. The minimum atomic E-state index is 0. The van der Waals surface area contributed by atoms with E-state index in [4.69, 9.17) is 4.74 Å². The van der Waals surface area contributed by atoms with E-state index in [-0.39, 0.29) is 12.4 Å². The highest BCUT2D eigenvalue weighted by Gasteiger charge is 2.57. The monoisotopic (exact) mass is 384 g/mol. The van der Waals surface area contributed by atoms with Gasteiger partial charge in [-0.05, 0) is 78.9 Å². The van der Waals surface area contributed by atoms with Crippen molar-refractivity contribution in [1.82, 2.24) is 10.2 Å². The van der Waals surface area contributed by atoms with Crippen LogP contribution in [-0.2, 0) is 16.1 Å². The Hall–Kier alpha value is -0.620. The van der Waals surface area contributed by atoms with Gasteiger partial charge >= 0.3 is 0 Å². The first-order valence-electron chi connectivity index (χ1n) is 9.36. The van der Waals surface area contributed by atoms with Crippen LogP contribution in [0.3, 0.4) is 0 Å². The second kappa shape index (κ2) is 8.38. The molecule has 140 valence electrons. The van der Waals surface area contributed by atoms with Gasteiger partial charge in [0.05, 0.1) is 0 Å². The molecule has 1 aromatic heterocycles. The number of piperidine rings is 1. The predicted molar refractivity (Wildman–Crippen MR) is 103 cm³/mol. The van der Waals surface area contributed by atoms with Crippen LogP contribution in [-0.4, -0.2) is 43.2 Å². The summed E-state index contributed by atoms with van der Waals surface area (Å²) in [7, 11) is 0. The Morgan fingerprint density at radius 3 is 2.92 bits per heavy atom. The Bertz CT molecular complexity index is 554. The first-order chi connectivity index (χ1) is 11.8. The van der Waals surface area contributed by atoms with Gasteiger partial charge in [-0.25, -0.2) is 0 Å². The molecule has 1 saturated carbocycles. The first-order valence-corrected chi connectivity index (χ1v) is 10.3. The Labute approximate surface area is 160 Å². The van der Waals surface area contributed by atoms with E-state index >= 15 is 0 Å². The summed E-state index contributed by atoms with van der Waals surface area (Å²) in [6, 6.07) is 2.62. The first kappa shape index (κ1) is 19.2. The van der Waals surface area contributed by atoms with Crippen molar-refractivity contribution in [2.45, 2.75) is 51.1 Å². The third kappa shape index (κ3) is 4.38. The number of hydrogen-bond donors (Lipinski definition) is 1. The molecular formula is C19H29ClN2O2S. The fourth-order valence-corrected chi connectivity index (χ4v) is 5.12. The van der Waals surface area contributed by atoms with Crippen LogP contribution in [0.4, 0.5) is 0 Å². The molecule has 3 heterocycles. The molecule has 4 nitrogen and oxygen atoms in total. The van der Waals surface area contributed by atoms with Crippen molar-refractivity contribution < 1.29 is 9.53 Å². The van der Waals surface area contributed by atoms with E-state index in [1.807, 2.05) is 0 Å². The molecule has 3 aliphatic rings. The molecule has 2 atom stereocenters. The molecule has 0 aromatic carbocycles. The average molecular weight is 385 g/mol. The lowest BCUT2D eigenvalue weighted by Crippen LogP contribution is -2.39. The summed E-state index contributed by atoms with van der Waals surface area (Å²) in [6.45, 7) is 4.73. The number of ether oxygens (including phenoxy) is 1. The molecule has 1 amide bonds. The smallest absolute Gasteiger partial charge is 0.223 e. The van der Waals surface area contributed by atoms with Crippen molar-refractivity contribution in [2.24, 2.45) is 11.3 Å². The molecule has 1 aliphatic carbocycles. The highest BCUT2D eigenvalue weighted by molar-refractivity contribution is 7.07. The SMILES string of the molecule is Cl.O=C(CCC1CCOC1)N(Cc1ccsc1)C1CC12CCNCC2. The summed E-state index contributed by atoms with van der Waals surface area (Å²) in [5.41, 5.74) is 1.70. The zero-order valence-corrected chi connectivity index (χ0v) is 16.4. The van der Waals surface area contributed by atoms with Crippen molar-refractivity contribution in [3.05, 3.63) is 22.4 Å². The van der Waals surface area contributed by atoms with Crippen molar-refractivity contribution in [3.8, 4) is 0 Å². The normalized spacial score (nSPS) is 27.0. The second-order valence-electron chi connectivity index (χ2n) is 7.75. The van der Waals surface area contributed by atoms with E-state index in [1.165, 1.54) is 24.8 Å². The maximum atomic E-state index is 13.0.